The second-order valence-electron chi connectivity index (χ2n) is 2.14. The molecule has 0 atom stereocenters. The van der Waals surface area contributed by atoms with Crippen molar-refractivity contribution in [2.45, 2.75) is 6.92 Å². The van der Waals surface area contributed by atoms with Gasteiger partial charge in [-0.15, -0.1) is 5.10 Å². The fraction of sp³-hybridized carbons (Fsp3) is 0.167. The van der Waals surface area contributed by atoms with Gasteiger partial charge in [0.05, 0.1) is 0 Å². The lowest BCUT2D eigenvalue weighted by atomic mass is 10.6. The van der Waals surface area contributed by atoms with E-state index in [-0.39, 0.29) is 5.28 Å². The lowest BCUT2D eigenvalue weighted by molar-refractivity contribution is 0.864. The first-order valence-corrected chi connectivity index (χ1v) is 3.49. The maximum absolute atomic E-state index is 5.58. The van der Waals surface area contributed by atoms with E-state index in [1.807, 2.05) is 6.92 Å². The second-order valence-corrected chi connectivity index (χ2v) is 2.48. The Hall–Kier alpha value is -1.16. The molecule has 4 nitrogen and oxygen atoms in total. The van der Waals surface area contributed by atoms with Crippen molar-refractivity contribution in [3.8, 4) is 0 Å². The maximum atomic E-state index is 5.58. The van der Waals surface area contributed by atoms with E-state index in [1.165, 1.54) is 0 Å². The first-order chi connectivity index (χ1) is 5.27. The molecular weight excluding hydrogens is 164 g/mol. The lowest BCUT2D eigenvalue weighted by Gasteiger charge is -1.92. The standard InChI is InChI=1S/C6H5ClN4/c1-4-8-3-2-5-9-6(7)10-11(4)5/h2-3H,1H3. The van der Waals surface area contributed by atoms with Crippen molar-refractivity contribution in [2.75, 3.05) is 0 Å². The van der Waals surface area contributed by atoms with Crippen LogP contribution in [0.4, 0.5) is 0 Å². The van der Waals surface area contributed by atoms with E-state index in [2.05, 4.69) is 15.1 Å². The van der Waals surface area contributed by atoms with Crippen molar-refractivity contribution < 1.29 is 0 Å². The average molecular weight is 169 g/mol. The minimum absolute atomic E-state index is 0.251. The molecule has 2 aromatic heterocycles. The Morgan fingerprint density at radius 2 is 2.36 bits per heavy atom. The molecular formula is C6H5ClN4. The molecule has 0 amide bonds. The molecule has 0 fully saturated rings. The van der Waals surface area contributed by atoms with Gasteiger partial charge in [0.25, 0.3) is 0 Å². The highest BCUT2D eigenvalue weighted by Crippen LogP contribution is 2.05. The van der Waals surface area contributed by atoms with Crippen molar-refractivity contribution >= 4 is 17.2 Å². The third-order valence-corrected chi connectivity index (χ3v) is 1.56. The zero-order valence-electron chi connectivity index (χ0n) is 5.82. The second kappa shape index (κ2) is 2.17. The summed E-state index contributed by atoms with van der Waals surface area (Å²) in [6.07, 6.45) is 1.68. The summed E-state index contributed by atoms with van der Waals surface area (Å²) < 4.78 is 1.60. The number of fused-ring (bicyclic) bond motifs is 1. The summed E-state index contributed by atoms with van der Waals surface area (Å²) in [7, 11) is 0. The van der Waals surface area contributed by atoms with Crippen LogP contribution >= 0.6 is 11.6 Å². The Bertz CT molecular complexity index is 394. The smallest absolute Gasteiger partial charge is 0.241 e. The first-order valence-electron chi connectivity index (χ1n) is 3.11. The first kappa shape index (κ1) is 6.54. The quantitative estimate of drug-likeness (QED) is 0.592. The predicted molar refractivity (Wildman–Crippen MR) is 40.5 cm³/mol. The van der Waals surface area contributed by atoms with Crippen LogP contribution in [-0.4, -0.2) is 19.6 Å². The maximum Gasteiger partial charge on any atom is 0.243 e. The van der Waals surface area contributed by atoms with Crippen LogP contribution < -0.4 is 0 Å². The fourth-order valence-electron chi connectivity index (χ4n) is 0.910. The van der Waals surface area contributed by atoms with Crippen LogP contribution in [0, 0.1) is 6.92 Å². The van der Waals surface area contributed by atoms with Gasteiger partial charge < -0.3 is 0 Å². The van der Waals surface area contributed by atoms with Gasteiger partial charge in [-0.3, -0.25) is 0 Å². The van der Waals surface area contributed by atoms with Crippen molar-refractivity contribution in [1.29, 1.82) is 0 Å². The van der Waals surface area contributed by atoms with Gasteiger partial charge in [-0.2, -0.15) is 9.50 Å². The van der Waals surface area contributed by atoms with Crippen molar-refractivity contribution in [2.24, 2.45) is 0 Å². The summed E-state index contributed by atoms with van der Waals surface area (Å²) >= 11 is 5.58. The van der Waals surface area contributed by atoms with E-state index in [1.54, 1.807) is 16.8 Å². The van der Waals surface area contributed by atoms with E-state index >= 15 is 0 Å². The number of rotatable bonds is 0. The molecule has 0 aliphatic heterocycles. The molecule has 0 aliphatic carbocycles. The van der Waals surface area contributed by atoms with Crippen LogP contribution in [0.5, 0.6) is 0 Å². The number of aryl methyl sites for hydroxylation is 1. The van der Waals surface area contributed by atoms with Gasteiger partial charge in [-0.05, 0) is 18.5 Å². The molecule has 0 aromatic carbocycles. The Morgan fingerprint density at radius 1 is 1.55 bits per heavy atom. The minimum atomic E-state index is 0.251. The molecule has 2 rings (SSSR count). The summed E-state index contributed by atoms with van der Waals surface area (Å²) in [5, 5.41) is 4.17. The number of hydrogen-bond donors (Lipinski definition) is 0. The van der Waals surface area contributed by atoms with Gasteiger partial charge in [0.2, 0.25) is 5.28 Å². The van der Waals surface area contributed by atoms with Gasteiger partial charge in [0, 0.05) is 12.3 Å². The molecule has 0 saturated carbocycles. The molecule has 0 radical (unpaired) electrons. The van der Waals surface area contributed by atoms with E-state index in [9.17, 15) is 0 Å². The van der Waals surface area contributed by atoms with E-state index in [0.29, 0.717) is 0 Å². The molecule has 5 heteroatoms. The van der Waals surface area contributed by atoms with Crippen LogP contribution in [0.25, 0.3) is 5.65 Å². The number of nitrogens with zero attached hydrogens (tertiary/aromatic N) is 4. The zero-order chi connectivity index (χ0) is 7.84. The summed E-state index contributed by atoms with van der Waals surface area (Å²) in [6.45, 7) is 1.85. The minimum Gasteiger partial charge on any atom is -0.241 e. The van der Waals surface area contributed by atoms with Crippen LogP contribution in [-0.2, 0) is 0 Å². The topological polar surface area (TPSA) is 43.1 Å². The Kier molecular flexibility index (Phi) is 1.29. The molecule has 56 valence electrons. The summed E-state index contributed by atoms with van der Waals surface area (Å²) in [4.78, 5) is 7.97. The van der Waals surface area contributed by atoms with E-state index in [0.717, 1.165) is 11.5 Å². The number of aromatic nitrogens is 4. The molecule has 0 N–H and O–H groups in total. The number of hydrogen-bond acceptors (Lipinski definition) is 3. The molecule has 0 spiro atoms. The van der Waals surface area contributed by atoms with Crippen LogP contribution in [0.2, 0.25) is 5.28 Å². The zero-order valence-corrected chi connectivity index (χ0v) is 6.58. The highest BCUT2D eigenvalue weighted by atomic mass is 35.5. The predicted octanol–water partition coefficient (Wildman–Crippen LogP) is 1.09. The highest BCUT2D eigenvalue weighted by Gasteiger charge is 2.01. The van der Waals surface area contributed by atoms with Gasteiger partial charge in [0.15, 0.2) is 5.65 Å². The molecule has 0 bridgehead atoms. The van der Waals surface area contributed by atoms with Crippen molar-refractivity contribution in [1.82, 2.24) is 19.6 Å². The molecule has 11 heavy (non-hydrogen) atoms. The highest BCUT2D eigenvalue weighted by molar-refractivity contribution is 6.28. The Balaban J connectivity index is 2.90. The largest absolute Gasteiger partial charge is 0.243 e. The summed E-state index contributed by atoms with van der Waals surface area (Å²) in [5.41, 5.74) is 0.725. The molecule has 2 heterocycles. The summed E-state index contributed by atoms with van der Waals surface area (Å²) in [6, 6.07) is 1.76. The van der Waals surface area contributed by atoms with Crippen molar-refractivity contribution in [3.63, 3.8) is 0 Å². The molecule has 2 aromatic rings. The van der Waals surface area contributed by atoms with Gasteiger partial charge in [-0.1, -0.05) is 0 Å². The fourth-order valence-corrected chi connectivity index (χ4v) is 1.07. The SMILES string of the molecule is Cc1nccc2nc(Cl)nn12. The van der Waals surface area contributed by atoms with Gasteiger partial charge >= 0.3 is 0 Å². The monoisotopic (exact) mass is 168 g/mol. The normalized spacial score (nSPS) is 10.7. The van der Waals surface area contributed by atoms with Crippen molar-refractivity contribution in [3.05, 3.63) is 23.4 Å². The number of halogens is 1. The molecule has 0 unspecified atom stereocenters. The molecule has 0 saturated heterocycles. The lowest BCUT2D eigenvalue weighted by Crippen LogP contribution is -1.94. The molecule has 0 aliphatic rings. The Morgan fingerprint density at radius 3 is 3.09 bits per heavy atom. The van der Waals surface area contributed by atoms with Crippen LogP contribution in [0.3, 0.4) is 0 Å². The third-order valence-electron chi connectivity index (χ3n) is 1.40. The van der Waals surface area contributed by atoms with Crippen LogP contribution in [0.1, 0.15) is 5.82 Å². The average Bonchev–Trinajstić information content (AvgIpc) is 2.31. The van der Waals surface area contributed by atoms with E-state index < -0.39 is 0 Å². The summed E-state index contributed by atoms with van der Waals surface area (Å²) in [5.74, 6) is 0.780. The van der Waals surface area contributed by atoms with Gasteiger partial charge in [0.1, 0.15) is 5.82 Å². The van der Waals surface area contributed by atoms with Gasteiger partial charge in [-0.25, -0.2) is 4.98 Å². The third kappa shape index (κ3) is 0.952. The van der Waals surface area contributed by atoms with Crippen LogP contribution in [0.15, 0.2) is 12.3 Å². The Labute approximate surface area is 67.8 Å². The van der Waals surface area contributed by atoms with E-state index in [4.69, 9.17) is 11.6 Å².